The molecule has 1 unspecified atom stereocenters. The Balaban J connectivity index is 1.28. The summed E-state index contributed by atoms with van der Waals surface area (Å²) in [5, 5.41) is 16.4. The zero-order valence-corrected chi connectivity index (χ0v) is 17.1. The summed E-state index contributed by atoms with van der Waals surface area (Å²) in [4.78, 5) is 24.3. The van der Waals surface area contributed by atoms with Crippen molar-refractivity contribution in [3.63, 3.8) is 0 Å². The first-order valence-corrected chi connectivity index (χ1v) is 10.4. The molecule has 0 radical (unpaired) electrons. The van der Waals surface area contributed by atoms with Gasteiger partial charge in [0.2, 0.25) is 0 Å². The lowest BCUT2D eigenvalue weighted by atomic mass is 9.98. The maximum absolute atomic E-state index is 12.5. The first-order valence-electron chi connectivity index (χ1n) is 10.4. The number of nitrogens with one attached hydrogen (secondary N) is 1. The van der Waals surface area contributed by atoms with Crippen molar-refractivity contribution in [3.05, 3.63) is 95.8 Å². The van der Waals surface area contributed by atoms with Gasteiger partial charge in [0.25, 0.3) is 0 Å². The quantitative estimate of drug-likeness (QED) is 0.487. The number of hydrogen-bond acceptors (Lipinski definition) is 4. The molecule has 4 aromatic rings. The van der Waals surface area contributed by atoms with E-state index in [1.165, 1.54) is 0 Å². The highest BCUT2D eigenvalue weighted by molar-refractivity contribution is 5.81. The van der Waals surface area contributed by atoms with E-state index in [0.29, 0.717) is 0 Å². The molecular weight excluding hydrogens is 406 g/mol. The highest BCUT2D eigenvalue weighted by atomic mass is 16.5. The number of pyridine rings is 1. The molecule has 32 heavy (non-hydrogen) atoms. The molecular formula is C25H21N3O4. The number of aromatic nitrogens is 2. The van der Waals surface area contributed by atoms with Crippen molar-refractivity contribution in [2.24, 2.45) is 0 Å². The standard InChI is InChI=1S/C25H21N3O4/c29-24(30)22(13-16-14-26-28-12-6-5-11-23(16)28)27-25(31)32-15-21-19-9-3-1-7-17(19)18-8-2-4-10-20(18)21/h1-12,14,21-22H,13,15H2,(H,27,31)(H,29,30). The summed E-state index contributed by atoms with van der Waals surface area (Å²) in [5.74, 6) is -1.22. The molecule has 1 aliphatic rings. The van der Waals surface area contributed by atoms with Gasteiger partial charge in [-0.2, -0.15) is 5.10 Å². The molecule has 5 rings (SSSR count). The summed E-state index contributed by atoms with van der Waals surface area (Å²) in [6.07, 6.45) is 2.75. The summed E-state index contributed by atoms with van der Waals surface area (Å²) < 4.78 is 7.16. The normalized spacial score (nSPS) is 13.4. The number of ether oxygens (including phenoxy) is 1. The van der Waals surface area contributed by atoms with Gasteiger partial charge < -0.3 is 15.2 Å². The van der Waals surface area contributed by atoms with Crippen molar-refractivity contribution in [3.8, 4) is 11.1 Å². The minimum atomic E-state index is -1.13. The lowest BCUT2D eigenvalue weighted by molar-refractivity contribution is -0.139. The summed E-state index contributed by atoms with van der Waals surface area (Å²) in [6, 6.07) is 20.5. The van der Waals surface area contributed by atoms with Crippen LogP contribution in [0.3, 0.4) is 0 Å². The lowest BCUT2D eigenvalue weighted by Gasteiger charge is -2.17. The van der Waals surface area contributed by atoms with Crippen molar-refractivity contribution >= 4 is 17.6 Å². The summed E-state index contributed by atoms with van der Waals surface area (Å²) in [6.45, 7) is 0.128. The van der Waals surface area contributed by atoms with Gasteiger partial charge in [0.15, 0.2) is 0 Å². The topological polar surface area (TPSA) is 92.9 Å². The van der Waals surface area contributed by atoms with Crippen LogP contribution in [0.5, 0.6) is 0 Å². The number of alkyl carbamates (subject to hydrolysis) is 1. The predicted octanol–water partition coefficient (Wildman–Crippen LogP) is 3.87. The van der Waals surface area contributed by atoms with Crippen LogP contribution in [-0.4, -0.2) is 39.4 Å². The van der Waals surface area contributed by atoms with Crippen LogP contribution in [0.2, 0.25) is 0 Å². The molecule has 1 amide bonds. The molecule has 1 aliphatic carbocycles. The van der Waals surface area contributed by atoms with Gasteiger partial charge in [0.05, 0.1) is 11.7 Å². The van der Waals surface area contributed by atoms with Crippen molar-refractivity contribution in [1.82, 2.24) is 14.9 Å². The van der Waals surface area contributed by atoms with Crippen LogP contribution < -0.4 is 5.32 Å². The van der Waals surface area contributed by atoms with Gasteiger partial charge in [0, 0.05) is 24.1 Å². The van der Waals surface area contributed by atoms with Crippen LogP contribution in [0.1, 0.15) is 22.6 Å². The molecule has 2 heterocycles. The number of aliphatic carboxylic acids is 1. The first-order chi connectivity index (χ1) is 15.6. The minimum absolute atomic E-state index is 0.0870. The second-order valence-corrected chi connectivity index (χ2v) is 7.77. The number of amides is 1. The van der Waals surface area contributed by atoms with E-state index in [4.69, 9.17) is 4.74 Å². The Labute approximate surface area is 184 Å². The van der Waals surface area contributed by atoms with E-state index in [-0.39, 0.29) is 18.9 Å². The van der Waals surface area contributed by atoms with Crippen LogP contribution in [0.25, 0.3) is 16.6 Å². The van der Waals surface area contributed by atoms with Gasteiger partial charge in [-0.05, 0) is 34.4 Å². The number of rotatable bonds is 6. The SMILES string of the molecule is O=C(NC(Cc1cnn2ccccc12)C(=O)O)OCC1c2ccccc2-c2ccccc21. The fraction of sp³-hybridized carbons (Fsp3) is 0.160. The van der Waals surface area contributed by atoms with Crippen molar-refractivity contribution in [2.75, 3.05) is 6.61 Å². The van der Waals surface area contributed by atoms with Gasteiger partial charge in [-0.25, -0.2) is 14.1 Å². The average Bonchev–Trinajstić information content (AvgIpc) is 3.36. The number of benzene rings is 2. The minimum Gasteiger partial charge on any atom is -0.480 e. The second kappa shape index (κ2) is 8.19. The molecule has 0 spiro atoms. The number of carboxylic acids is 1. The fourth-order valence-corrected chi connectivity index (χ4v) is 4.35. The van der Waals surface area contributed by atoms with Gasteiger partial charge >= 0.3 is 12.1 Å². The second-order valence-electron chi connectivity index (χ2n) is 7.77. The van der Waals surface area contributed by atoms with E-state index in [1.54, 1.807) is 16.9 Å². The van der Waals surface area contributed by atoms with Crippen LogP contribution in [-0.2, 0) is 16.0 Å². The number of fused-ring (bicyclic) bond motifs is 4. The number of carbonyl (C=O) groups excluding carboxylic acids is 1. The third-order valence-corrected chi connectivity index (χ3v) is 5.86. The summed E-state index contributed by atoms with van der Waals surface area (Å²) >= 11 is 0. The van der Waals surface area contributed by atoms with E-state index < -0.39 is 18.1 Å². The van der Waals surface area contributed by atoms with E-state index in [2.05, 4.69) is 22.5 Å². The third-order valence-electron chi connectivity index (χ3n) is 5.86. The molecule has 160 valence electrons. The molecule has 0 fully saturated rings. The number of hydrogen-bond donors (Lipinski definition) is 2. The average molecular weight is 427 g/mol. The van der Waals surface area contributed by atoms with E-state index in [1.807, 2.05) is 54.6 Å². The molecule has 7 nitrogen and oxygen atoms in total. The Bertz CT molecular complexity index is 1270. The maximum atomic E-state index is 12.5. The zero-order valence-electron chi connectivity index (χ0n) is 17.1. The molecule has 0 aliphatic heterocycles. The van der Waals surface area contributed by atoms with E-state index in [9.17, 15) is 14.7 Å². The monoisotopic (exact) mass is 427 g/mol. The molecule has 0 saturated carbocycles. The first kappa shape index (κ1) is 19.8. The van der Waals surface area contributed by atoms with Gasteiger partial charge in [-0.3, -0.25) is 0 Å². The molecule has 1 atom stereocenters. The Morgan fingerprint density at radius 3 is 2.34 bits per heavy atom. The fourth-order valence-electron chi connectivity index (χ4n) is 4.35. The zero-order chi connectivity index (χ0) is 22.1. The summed E-state index contributed by atoms with van der Waals surface area (Å²) in [7, 11) is 0. The molecule has 0 saturated heterocycles. The number of carboxylic acid groups (broad SMARTS) is 1. The highest BCUT2D eigenvalue weighted by Crippen LogP contribution is 2.44. The largest absolute Gasteiger partial charge is 0.480 e. The maximum Gasteiger partial charge on any atom is 0.407 e. The third kappa shape index (κ3) is 3.58. The van der Waals surface area contributed by atoms with Gasteiger partial charge in [0.1, 0.15) is 12.6 Å². The predicted molar refractivity (Wildman–Crippen MR) is 119 cm³/mol. The lowest BCUT2D eigenvalue weighted by Crippen LogP contribution is -2.42. The van der Waals surface area contributed by atoms with Gasteiger partial charge in [-0.15, -0.1) is 0 Å². The molecule has 7 heteroatoms. The van der Waals surface area contributed by atoms with E-state index in [0.717, 1.165) is 33.3 Å². The molecule has 2 aromatic heterocycles. The van der Waals surface area contributed by atoms with Crippen LogP contribution in [0, 0.1) is 0 Å². The Kier molecular flexibility index (Phi) is 5.07. The molecule has 0 bridgehead atoms. The van der Waals surface area contributed by atoms with Crippen molar-refractivity contribution in [1.29, 1.82) is 0 Å². The number of nitrogens with zero attached hydrogens (tertiary/aromatic N) is 2. The van der Waals surface area contributed by atoms with Crippen LogP contribution >= 0.6 is 0 Å². The Morgan fingerprint density at radius 2 is 1.66 bits per heavy atom. The highest BCUT2D eigenvalue weighted by Gasteiger charge is 2.30. The smallest absolute Gasteiger partial charge is 0.407 e. The Morgan fingerprint density at radius 1 is 1.00 bits per heavy atom. The number of carbonyl (C=O) groups is 2. The van der Waals surface area contributed by atoms with E-state index >= 15 is 0 Å². The van der Waals surface area contributed by atoms with Crippen molar-refractivity contribution in [2.45, 2.75) is 18.4 Å². The van der Waals surface area contributed by atoms with Crippen molar-refractivity contribution < 1.29 is 19.4 Å². The molecule has 2 N–H and O–H groups in total. The van der Waals surface area contributed by atoms with Crippen LogP contribution in [0.4, 0.5) is 4.79 Å². The Hall–Kier alpha value is -4.13. The summed E-state index contributed by atoms with van der Waals surface area (Å²) in [5.41, 5.74) is 6.00. The molecule has 2 aromatic carbocycles. The van der Waals surface area contributed by atoms with Crippen LogP contribution in [0.15, 0.2) is 79.1 Å². The van der Waals surface area contributed by atoms with Gasteiger partial charge in [-0.1, -0.05) is 54.6 Å².